The fourth-order valence-corrected chi connectivity index (χ4v) is 4.74. The van der Waals surface area contributed by atoms with Crippen molar-refractivity contribution >= 4 is 31.5 Å². The van der Waals surface area contributed by atoms with Gasteiger partial charge in [-0.2, -0.15) is 9.97 Å². The first-order valence-corrected chi connectivity index (χ1v) is 10.2. The number of hydrogen-bond acceptors (Lipinski definition) is 9. The maximum Gasteiger partial charge on any atom is 0.332 e. The number of imidazole rings is 1. The molecule has 0 aromatic carbocycles. The minimum atomic E-state index is -1.85. The van der Waals surface area contributed by atoms with Crippen molar-refractivity contribution in [1.82, 2.24) is 19.5 Å². The molecule has 0 saturated carbocycles. The monoisotopic (exact) mass is 414 g/mol. The van der Waals surface area contributed by atoms with Crippen LogP contribution in [-0.4, -0.2) is 64.2 Å². The van der Waals surface area contributed by atoms with Crippen molar-refractivity contribution in [1.29, 1.82) is 0 Å². The highest BCUT2D eigenvalue weighted by Gasteiger charge is 2.59. The van der Waals surface area contributed by atoms with Crippen LogP contribution < -0.4 is 10.6 Å². The van der Waals surface area contributed by atoms with Crippen molar-refractivity contribution in [2.24, 2.45) is 0 Å². The van der Waals surface area contributed by atoms with Gasteiger partial charge in [0.1, 0.15) is 12.2 Å². The molecule has 5 atom stereocenters. The fourth-order valence-electron chi connectivity index (χ4n) is 3.70. The summed E-state index contributed by atoms with van der Waals surface area (Å²) in [5, 5.41) is 0. The molecule has 0 bridgehead atoms. The van der Waals surface area contributed by atoms with E-state index in [4.69, 9.17) is 24.0 Å². The molecular weight excluding hydrogens is 390 g/mol. The van der Waals surface area contributed by atoms with Gasteiger partial charge < -0.3 is 28.9 Å². The second-order valence-electron chi connectivity index (χ2n) is 6.81. The van der Waals surface area contributed by atoms with Crippen molar-refractivity contribution in [3.8, 4) is 0 Å². The number of aromatic nitrogens is 4. The topological polar surface area (TPSA) is 110 Å². The van der Waals surface area contributed by atoms with E-state index in [0.29, 0.717) is 17.0 Å². The van der Waals surface area contributed by atoms with Gasteiger partial charge in [-0.05, 0) is 20.8 Å². The normalized spacial score (nSPS) is 32.6. The molecule has 154 valence electrons. The molecule has 0 spiro atoms. The van der Waals surface area contributed by atoms with Gasteiger partial charge in [0.05, 0.1) is 12.9 Å². The van der Waals surface area contributed by atoms with Crippen molar-refractivity contribution in [2.75, 3.05) is 37.4 Å². The third-order valence-electron chi connectivity index (χ3n) is 5.11. The van der Waals surface area contributed by atoms with Crippen LogP contribution in [0.1, 0.15) is 27.0 Å². The predicted molar refractivity (Wildman–Crippen MR) is 101 cm³/mol. The molecule has 12 heteroatoms. The number of ether oxygens (including phenoxy) is 1. The van der Waals surface area contributed by atoms with Crippen molar-refractivity contribution < 1.29 is 22.7 Å². The molecule has 0 radical (unpaired) electrons. The minimum absolute atomic E-state index is 0.0922. The van der Waals surface area contributed by atoms with E-state index in [-0.39, 0.29) is 12.6 Å². The Labute approximate surface area is 163 Å². The molecular formula is C16H24FN6O4P. The molecule has 2 aliphatic heterocycles. The van der Waals surface area contributed by atoms with E-state index < -0.39 is 32.7 Å². The third-order valence-corrected chi connectivity index (χ3v) is 6.17. The summed E-state index contributed by atoms with van der Waals surface area (Å²) in [6, 6.07) is 0. The molecule has 4 rings (SSSR count). The van der Waals surface area contributed by atoms with E-state index in [1.165, 1.54) is 20.4 Å². The van der Waals surface area contributed by atoms with Gasteiger partial charge in [-0.15, -0.1) is 0 Å². The molecule has 1 unspecified atom stereocenters. The number of anilines is 2. The molecule has 4 heterocycles. The van der Waals surface area contributed by atoms with Crippen molar-refractivity contribution in [2.45, 2.75) is 44.9 Å². The lowest BCUT2D eigenvalue weighted by Gasteiger charge is -2.32. The summed E-state index contributed by atoms with van der Waals surface area (Å²) in [4.78, 5) is 15.1. The zero-order chi connectivity index (χ0) is 20.1. The zero-order valence-electron chi connectivity index (χ0n) is 16.2. The molecule has 10 nitrogen and oxygen atoms in total. The summed E-state index contributed by atoms with van der Waals surface area (Å²) in [6.07, 6.45) is -0.878. The molecule has 2 aliphatic rings. The second-order valence-corrected chi connectivity index (χ2v) is 8.09. The molecule has 28 heavy (non-hydrogen) atoms. The van der Waals surface area contributed by atoms with Crippen LogP contribution in [0.2, 0.25) is 0 Å². The first-order chi connectivity index (χ1) is 13.4. The van der Waals surface area contributed by atoms with Gasteiger partial charge >= 0.3 is 8.60 Å². The number of nitrogens with zero attached hydrogens (tertiary/aromatic N) is 5. The molecule has 2 aromatic rings. The summed E-state index contributed by atoms with van der Waals surface area (Å²) >= 11 is 0. The molecule has 0 amide bonds. The molecule has 0 aliphatic carbocycles. The maximum atomic E-state index is 15.8. The molecule has 2 fully saturated rings. The Morgan fingerprint density at radius 3 is 2.86 bits per heavy atom. The number of hydrogen-bond donors (Lipinski definition) is 1. The highest BCUT2D eigenvalue weighted by atomic mass is 31.2. The molecule has 2 aromatic heterocycles. The second kappa shape index (κ2) is 7.31. The van der Waals surface area contributed by atoms with Gasteiger partial charge in [0, 0.05) is 20.2 Å². The van der Waals surface area contributed by atoms with Crippen LogP contribution in [0, 0.1) is 0 Å². The Kier molecular flexibility index (Phi) is 5.13. The SMILES string of the molecule is CCN(CC)c1nc(N)nc2c1ncn2[C@@H]1O[C@@H]2COP(OC)O[C@H]2[C@@]1(C)F. The standard InChI is InChI=1S/C16H24FN6O4P/c1-5-22(6-2)12-10-13(21-15(18)20-12)23(8-19-10)14-16(3,17)11-9(26-14)7-25-28(24-4)27-11/h8-9,11,14H,5-7H2,1-4H3,(H2,18,20,21)/t9-,11-,14-,16-,28?/m1/s1. The number of alkyl halides is 1. The molecule has 2 saturated heterocycles. The van der Waals surface area contributed by atoms with E-state index in [2.05, 4.69) is 15.0 Å². The quantitative estimate of drug-likeness (QED) is 0.736. The lowest BCUT2D eigenvalue weighted by atomic mass is 9.98. The smallest absolute Gasteiger partial charge is 0.332 e. The Morgan fingerprint density at radius 2 is 2.18 bits per heavy atom. The largest absolute Gasteiger partial charge is 0.368 e. The van der Waals surface area contributed by atoms with Crippen LogP contribution in [0.4, 0.5) is 16.2 Å². The number of halogens is 1. The van der Waals surface area contributed by atoms with E-state index in [1.807, 2.05) is 18.7 Å². The van der Waals surface area contributed by atoms with E-state index in [9.17, 15) is 0 Å². The number of nitrogen functional groups attached to an aromatic ring is 1. The van der Waals surface area contributed by atoms with Crippen LogP contribution in [-0.2, 0) is 18.3 Å². The minimum Gasteiger partial charge on any atom is -0.368 e. The van der Waals surface area contributed by atoms with Crippen molar-refractivity contribution in [3.05, 3.63) is 6.33 Å². The highest BCUT2D eigenvalue weighted by molar-refractivity contribution is 7.41. The first-order valence-electron chi connectivity index (χ1n) is 9.13. The molecule has 2 N–H and O–H groups in total. The van der Waals surface area contributed by atoms with Crippen LogP contribution in [0.15, 0.2) is 6.33 Å². The summed E-state index contributed by atoms with van der Waals surface area (Å²) < 4.78 is 39.5. The zero-order valence-corrected chi connectivity index (χ0v) is 17.1. The lowest BCUT2D eigenvalue weighted by Crippen LogP contribution is -2.44. The van der Waals surface area contributed by atoms with Gasteiger partial charge in [-0.3, -0.25) is 4.57 Å². The Balaban J connectivity index is 1.76. The van der Waals surface area contributed by atoms with Gasteiger partial charge in [0.25, 0.3) is 0 Å². The van der Waals surface area contributed by atoms with Crippen LogP contribution >= 0.6 is 8.60 Å². The van der Waals surface area contributed by atoms with Crippen LogP contribution in [0.25, 0.3) is 11.2 Å². The number of nitrogens with two attached hydrogens (primary N) is 1. The number of rotatable bonds is 5. The Hall–Kier alpha value is -1.65. The van der Waals surface area contributed by atoms with Crippen molar-refractivity contribution in [3.63, 3.8) is 0 Å². The summed E-state index contributed by atoms with van der Waals surface area (Å²) in [7, 11) is -0.127. The van der Waals surface area contributed by atoms with E-state index in [1.54, 1.807) is 4.57 Å². The Bertz CT molecular complexity index is 863. The maximum absolute atomic E-state index is 15.8. The third kappa shape index (κ3) is 3.02. The predicted octanol–water partition coefficient (Wildman–Crippen LogP) is 2.17. The van der Waals surface area contributed by atoms with Crippen LogP contribution in [0.3, 0.4) is 0 Å². The first kappa shape index (κ1) is 19.7. The fraction of sp³-hybridized carbons (Fsp3) is 0.688. The van der Waals surface area contributed by atoms with Gasteiger partial charge in [-0.1, -0.05) is 0 Å². The van der Waals surface area contributed by atoms with Gasteiger partial charge in [0.2, 0.25) is 5.95 Å². The summed E-state index contributed by atoms with van der Waals surface area (Å²) in [5.74, 6) is 0.708. The van der Waals surface area contributed by atoms with Crippen LogP contribution in [0.5, 0.6) is 0 Å². The summed E-state index contributed by atoms with van der Waals surface area (Å²) in [6.45, 7) is 7.11. The summed E-state index contributed by atoms with van der Waals surface area (Å²) in [5.41, 5.74) is 5.04. The lowest BCUT2D eigenvalue weighted by molar-refractivity contribution is -0.0611. The average Bonchev–Trinajstić information content (AvgIpc) is 3.20. The number of fused-ring (bicyclic) bond motifs is 2. The van der Waals surface area contributed by atoms with E-state index in [0.717, 1.165) is 13.1 Å². The van der Waals surface area contributed by atoms with Gasteiger partial charge in [-0.25, -0.2) is 9.37 Å². The van der Waals surface area contributed by atoms with Gasteiger partial charge in [0.15, 0.2) is 28.9 Å². The highest BCUT2D eigenvalue weighted by Crippen LogP contribution is 2.54. The van der Waals surface area contributed by atoms with E-state index >= 15 is 4.39 Å². The average molecular weight is 414 g/mol. The Morgan fingerprint density at radius 1 is 1.43 bits per heavy atom.